The number of rotatable bonds is 24. The van der Waals surface area contributed by atoms with Crippen LogP contribution < -0.4 is 21.7 Å². The Kier molecular flexibility index (Phi) is 17.2. The van der Waals surface area contributed by atoms with Gasteiger partial charge < -0.3 is 50.5 Å². The van der Waals surface area contributed by atoms with Crippen LogP contribution in [-0.2, 0) is 38.1 Å². The fraction of sp³-hybridized carbons (Fsp3) is 0.515. The molecule has 47 heavy (non-hydrogen) atoms. The number of carbonyl (C=O) groups is 4. The quantitative estimate of drug-likeness (QED) is 0.102. The number of carboxylic acids is 1. The van der Waals surface area contributed by atoms with Gasteiger partial charge in [-0.1, -0.05) is 48.5 Å². The van der Waals surface area contributed by atoms with Gasteiger partial charge in [-0.25, -0.2) is 9.59 Å². The maximum absolute atomic E-state index is 12.5. The normalized spacial score (nSPS) is 12.5. The molecule has 2 aromatic rings. The topological polar surface area (TPSA) is 197 Å². The minimum Gasteiger partial charge on any atom is -0.480 e. The highest BCUT2D eigenvalue weighted by molar-refractivity contribution is 5.81. The Morgan fingerprint density at radius 1 is 0.723 bits per heavy atom. The predicted molar refractivity (Wildman–Crippen MR) is 172 cm³/mol. The summed E-state index contributed by atoms with van der Waals surface area (Å²) in [6.07, 6.45) is 0.371. The standard InChI is InChI=1S/C33H46N4O10/c34-12-15-43-17-19-45-23-31(39)36-14-16-44-18-20-46-22-30(38)35-13-6-5-11-29(32(40)41)37-33(42)47-21-28-26-9-3-1-7-24(26)25-8-2-4-10-27(25)28/h1-4,7-10,28-29H,5-6,11-23,34H2,(H,35,38)(H,36,39)(H,37,42)(H,40,41)/t29-/m0/s1. The first kappa shape index (κ1) is 37.4. The van der Waals surface area contributed by atoms with Crippen LogP contribution in [0.4, 0.5) is 4.79 Å². The average molecular weight is 659 g/mol. The lowest BCUT2D eigenvalue weighted by molar-refractivity contribution is -0.139. The fourth-order valence-electron chi connectivity index (χ4n) is 4.96. The number of alkyl carbamates (subject to hydrolysis) is 1. The van der Waals surface area contributed by atoms with E-state index in [2.05, 4.69) is 16.0 Å². The van der Waals surface area contributed by atoms with E-state index in [-0.39, 0.29) is 63.8 Å². The van der Waals surface area contributed by atoms with Crippen LogP contribution in [0.15, 0.2) is 48.5 Å². The molecule has 0 fully saturated rings. The number of hydrogen-bond donors (Lipinski definition) is 5. The summed E-state index contributed by atoms with van der Waals surface area (Å²) in [4.78, 5) is 47.9. The van der Waals surface area contributed by atoms with E-state index in [9.17, 15) is 24.3 Å². The van der Waals surface area contributed by atoms with E-state index in [0.29, 0.717) is 52.3 Å². The van der Waals surface area contributed by atoms with Crippen molar-refractivity contribution < 1.29 is 48.0 Å². The summed E-state index contributed by atoms with van der Waals surface area (Å²) in [5.41, 5.74) is 9.65. The molecule has 3 rings (SSSR count). The predicted octanol–water partition coefficient (Wildman–Crippen LogP) is 1.41. The van der Waals surface area contributed by atoms with Crippen LogP contribution in [0.25, 0.3) is 11.1 Å². The summed E-state index contributed by atoms with van der Waals surface area (Å²) in [6, 6.07) is 14.8. The number of benzene rings is 2. The SMILES string of the molecule is NCCOCCOCC(=O)NCCOCCOCC(=O)NCCCC[C@H](NC(=O)OCC1c2ccccc2-c2ccccc21)C(=O)O. The van der Waals surface area contributed by atoms with Gasteiger partial charge >= 0.3 is 12.1 Å². The molecule has 14 heteroatoms. The highest BCUT2D eigenvalue weighted by Gasteiger charge is 2.29. The monoisotopic (exact) mass is 658 g/mol. The molecule has 0 saturated carbocycles. The van der Waals surface area contributed by atoms with Crippen molar-refractivity contribution in [2.75, 3.05) is 79.1 Å². The first-order valence-electron chi connectivity index (χ1n) is 15.8. The third-order valence-corrected chi connectivity index (χ3v) is 7.22. The number of amides is 3. The molecule has 0 aromatic heterocycles. The zero-order valence-corrected chi connectivity index (χ0v) is 26.6. The summed E-state index contributed by atoms with van der Waals surface area (Å²) < 4.78 is 26.4. The summed E-state index contributed by atoms with van der Waals surface area (Å²) in [6.45, 7) is 2.85. The lowest BCUT2D eigenvalue weighted by Crippen LogP contribution is -2.41. The summed E-state index contributed by atoms with van der Waals surface area (Å²) in [7, 11) is 0. The van der Waals surface area contributed by atoms with Crippen molar-refractivity contribution in [3.8, 4) is 11.1 Å². The van der Waals surface area contributed by atoms with E-state index < -0.39 is 18.1 Å². The number of hydrogen-bond acceptors (Lipinski definition) is 10. The average Bonchev–Trinajstić information content (AvgIpc) is 3.39. The Morgan fingerprint density at radius 3 is 1.87 bits per heavy atom. The Balaban J connectivity index is 1.18. The zero-order valence-electron chi connectivity index (χ0n) is 26.6. The second kappa shape index (κ2) is 21.7. The molecule has 0 bridgehead atoms. The van der Waals surface area contributed by atoms with Gasteiger partial charge in [0.25, 0.3) is 0 Å². The van der Waals surface area contributed by atoms with Crippen molar-refractivity contribution in [1.82, 2.24) is 16.0 Å². The molecule has 2 aromatic carbocycles. The number of carbonyl (C=O) groups excluding carboxylic acids is 3. The third-order valence-electron chi connectivity index (χ3n) is 7.22. The number of fused-ring (bicyclic) bond motifs is 3. The molecule has 0 saturated heterocycles. The Morgan fingerprint density at radius 2 is 1.28 bits per heavy atom. The maximum Gasteiger partial charge on any atom is 0.407 e. The van der Waals surface area contributed by atoms with Crippen LogP contribution in [0.2, 0.25) is 0 Å². The van der Waals surface area contributed by atoms with Gasteiger partial charge in [0.1, 0.15) is 25.9 Å². The van der Waals surface area contributed by atoms with E-state index in [4.69, 9.17) is 29.4 Å². The third kappa shape index (κ3) is 13.7. The number of ether oxygens (including phenoxy) is 5. The molecular formula is C33H46N4O10. The van der Waals surface area contributed by atoms with Crippen LogP contribution in [0.5, 0.6) is 0 Å². The van der Waals surface area contributed by atoms with Crippen LogP contribution >= 0.6 is 0 Å². The molecule has 6 N–H and O–H groups in total. The van der Waals surface area contributed by atoms with Gasteiger partial charge in [0.05, 0.1) is 39.6 Å². The Hall–Kier alpha value is -4.08. The van der Waals surface area contributed by atoms with Gasteiger partial charge in [-0.05, 0) is 41.5 Å². The lowest BCUT2D eigenvalue weighted by Gasteiger charge is -2.17. The van der Waals surface area contributed by atoms with Crippen LogP contribution in [0.1, 0.15) is 36.3 Å². The molecule has 1 atom stereocenters. The molecule has 0 spiro atoms. The van der Waals surface area contributed by atoms with Crippen molar-refractivity contribution in [3.63, 3.8) is 0 Å². The van der Waals surface area contributed by atoms with Crippen molar-refractivity contribution in [3.05, 3.63) is 59.7 Å². The maximum atomic E-state index is 12.5. The highest BCUT2D eigenvalue weighted by atomic mass is 16.6. The molecule has 0 radical (unpaired) electrons. The van der Waals surface area contributed by atoms with Crippen molar-refractivity contribution >= 4 is 23.9 Å². The van der Waals surface area contributed by atoms with E-state index in [0.717, 1.165) is 22.3 Å². The number of nitrogens with two attached hydrogens (primary N) is 1. The Labute approximate surface area is 274 Å². The van der Waals surface area contributed by atoms with Gasteiger partial charge in [0.15, 0.2) is 0 Å². The molecule has 0 heterocycles. The van der Waals surface area contributed by atoms with Gasteiger partial charge in [-0.15, -0.1) is 0 Å². The van der Waals surface area contributed by atoms with Crippen LogP contribution in [0.3, 0.4) is 0 Å². The van der Waals surface area contributed by atoms with E-state index in [1.165, 1.54) is 0 Å². The zero-order chi connectivity index (χ0) is 33.7. The summed E-state index contributed by atoms with van der Waals surface area (Å²) in [5, 5.41) is 17.4. The second-order valence-corrected chi connectivity index (χ2v) is 10.7. The van der Waals surface area contributed by atoms with Gasteiger partial charge in [-0.2, -0.15) is 0 Å². The molecule has 1 aliphatic rings. The van der Waals surface area contributed by atoms with Gasteiger partial charge in [0.2, 0.25) is 11.8 Å². The fourth-order valence-corrected chi connectivity index (χ4v) is 4.96. The molecule has 14 nitrogen and oxygen atoms in total. The smallest absolute Gasteiger partial charge is 0.407 e. The minimum absolute atomic E-state index is 0.0669. The number of nitrogens with one attached hydrogen (secondary N) is 3. The molecule has 0 aliphatic heterocycles. The van der Waals surface area contributed by atoms with Gasteiger partial charge in [-0.3, -0.25) is 9.59 Å². The first-order chi connectivity index (χ1) is 22.9. The first-order valence-corrected chi connectivity index (χ1v) is 15.8. The molecular weight excluding hydrogens is 612 g/mol. The van der Waals surface area contributed by atoms with E-state index >= 15 is 0 Å². The van der Waals surface area contributed by atoms with Crippen molar-refractivity contribution in [2.45, 2.75) is 31.2 Å². The number of carboxylic acid groups (broad SMARTS) is 1. The van der Waals surface area contributed by atoms with Crippen LogP contribution in [0, 0.1) is 0 Å². The molecule has 258 valence electrons. The Bertz CT molecular complexity index is 1230. The lowest BCUT2D eigenvalue weighted by atomic mass is 9.98. The summed E-state index contributed by atoms with van der Waals surface area (Å²) in [5.74, 6) is -1.85. The molecule has 1 aliphatic carbocycles. The van der Waals surface area contributed by atoms with E-state index in [1.807, 2.05) is 48.5 Å². The minimum atomic E-state index is -1.16. The number of aliphatic carboxylic acids is 1. The van der Waals surface area contributed by atoms with Crippen molar-refractivity contribution in [2.24, 2.45) is 5.73 Å². The second-order valence-electron chi connectivity index (χ2n) is 10.7. The van der Waals surface area contributed by atoms with Crippen LogP contribution in [-0.4, -0.2) is 114 Å². The molecule has 0 unspecified atom stereocenters. The van der Waals surface area contributed by atoms with E-state index in [1.54, 1.807) is 0 Å². The van der Waals surface area contributed by atoms with Crippen molar-refractivity contribution in [1.29, 1.82) is 0 Å². The largest absolute Gasteiger partial charge is 0.480 e. The summed E-state index contributed by atoms with van der Waals surface area (Å²) >= 11 is 0. The highest BCUT2D eigenvalue weighted by Crippen LogP contribution is 2.44. The van der Waals surface area contributed by atoms with Gasteiger partial charge in [0, 0.05) is 25.6 Å². The molecule has 3 amide bonds. The number of unbranched alkanes of at least 4 members (excludes halogenated alkanes) is 1.